The Balaban J connectivity index is 2.00. The van der Waals surface area contributed by atoms with Gasteiger partial charge in [0.25, 0.3) is 0 Å². The van der Waals surface area contributed by atoms with Crippen LogP contribution in [0.4, 0.5) is 13.2 Å². The van der Waals surface area contributed by atoms with Crippen LogP contribution in [0.3, 0.4) is 0 Å². The van der Waals surface area contributed by atoms with Gasteiger partial charge < -0.3 is 14.6 Å². The van der Waals surface area contributed by atoms with Gasteiger partial charge in [-0.15, -0.1) is 0 Å². The lowest BCUT2D eigenvalue weighted by Crippen LogP contribution is -2.47. The van der Waals surface area contributed by atoms with Gasteiger partial charge in [-0.25, -0.2) is 0 Å². The van der Waals surface area contributed by atoms with E-state index in [2.05, 4.69) is 0 Å². The third-order valence-corrected chi connectivity index (χ3v) is 4.73. The van der Waals surface area contributed by atoms with Gasteiger partial charge in [0.2, 0.25) is 6.10 Å². The summed E-state index contributed by atoms with van der Waals surface area (Å²) in [7, 11) is 0. The summed E-state index contributed by atoms with van der Waals surface area (Å²) in [4.78, 5) is 11.3. The van der Waals surface area contributed by atoms with Gasteiger partial charge in [0.15, 0.2) is 0 Å². The van der Waals surface area contributed by atoms with Crippen LogP contribution in [-0.2, 0) is 11.2 Å². The second kappa shape index (κ2) is 6.96. The van der Waals surface area contributed by atoms with E-state index in [4.69, 9.17) is 26.2 Å². The standard InChI is InChI=1S/C19H16ClF3O4/c1-9-4-3-5-10(2)16(9)26-15-8-14-11(7-13(15)20)6-12(18(24)25)17(27-14)19(21,22)23/h3-5,7-8,12,17H,6H2,1-2H3,(H,24,25)/t12-,17+/m1/s1. The fourth-order valence-corrected chi connectivity index (χ4v) is 3.29. The maximum Gasteiger partial charge on any atom is 0.426 e. The third-order valence-electron chi connectivity index (χ3n) is 4.43. The molecule has 0 radical (unpaired) electrons. The second-order valence-electron chi connectivity index (χ2n) is 6.44. The molecule has 0 unspecified atom stereocenters. The summed E-state index contributed by atoms with van der Waals surface area (Å²) in [5, 5.41) is 9.30. The molecule has 2 aromatic rings. The lowest BCUT2D eigenvalue weighted by Gasteiger charge is -2.32. The number of carboxylic acids is 1. The predicted molar refractivity (Wildman–Crippen MR) is 92.7 cm³/mol. The number of rotatable bonds is 3. The first-order chi connectivity index (χ1) is 12.6. The van der Waals surface area contributed by atoms with Crippen molar-refractivity contribution < 1.29 is 32.5 Å². The van der Waals surface area contributed by atoms with Gasteiger partial charge in [-0.2, -0.15) is 13.2 Å². The molecular weight excluding hydrogens is 385 g/mol. The summed E-state index contributed by atoms with van der Waals surface area (Å²) < 4.78 is 50.5. The number of hydrogen-bond acceptors (Lipinski definition) is 3. The zero-order valence-corrected chi connectivity index (χ0v) is 15.2. The molecule has 0 spiro atoms. The van der Waals surface area contributed by atoms with Gasteiger partial charge in [-0.3, -0.25) is 4.79 Å². The van der Waals surface area contributed by atoms with E-state index in [1.165, 1.54) is 12.1 Å². The molecule has 0 saturated carbocycles. The average molecular weight is 401 g/mol. The van der Waals surface area contributed by atoms with Crippen LogP contribution >= 0.6 is 11.6 Å². The van der Waals surface area contributed by atoms with Crippen molar-refractivity contribution >= 4 is 17.6 Å². The van der Waals surface area contributed by atoms with Crippen LogP contribution in [0.5, 0.6) is 17.2 Å². The van der Waals surface area contributed by atoms with Gasteiger partial charge in [0.05, 0.1) is 5.02 Å². The molecule has 0 saturated heterocycles. The first-order valence-electron chi connectivity index (χ1n) is 8.10. The van der Waals surface area contributed by atoms with Crippen LogP contribution in [0.2, 0.25) is 5.02 Å². The summed E-state index contributed by atoms with van der Waals surface area (Å²) in [5.41, 5.74) is 1.97. The van der Waals surface area contributed by atoms with Gasteiger partial charge in [0, 0.05) is 6.07 Å². The number of carboxylic acid groups (broad SMARTS) is 1. The lowest BCUT2D eigenvalue weighted by atomic mass is 9.90. The van der Waals surface area contributed by atoms with E-state index in [1.807, 2.05) is 32.0 Å². The molecule has 0 bridgehead atoms. The molecule has 1 heterocycles. The van der Waals surface area contributed by atoms with Crippen LogP contribution in [0.1, 0.15) is 16.7 Å². The quantitative estimate of drug-likeness (QED) is 0.758. The van der Waals surface area contributed by atoms with Crippen molar-refractivity contribution in [2.45, 2.75) is 32.5 Å². The Morgan fingerprint density at radius 3 is 2.44 bits per heavy atom. The van der Waals surface area contributed by atoms with E-state index in [0.29, 0.717) is 11.3 Å². The molecule has 144 valence electrons. The van der Waals surface area contributed by atoms with Crippen molar-refractivity contribution in [1.82, 2.24) is 0 Å². The number of ether oxygens (including phenoxy) is 2. The maximum absolute atomic E-state index is 13.2. The van der Waals surface area contributed by atoms with Gasteiger partial charge in [-0.1, -0.05) is 29.8 Å². The molecule has 2 atom stereocenters. The molecular formula is C19H16ClF3O4. The molecule has 27 heavy (non-hydrogen) atoms. The van der Waals surface area contributed by atoms with Crippen LogP contribution in [0, 0.1) is 19.8 Å². The van der Waals surface area contributed by atoms with E-state index in [-0.39, 0.29) is 22.9 Å². The van der Waals surface area contributed by atoms with E-state index in [0.717, 1.165) is 11.1 Å². The molecule has 4 nitrogen and oxygen atoms in total. The van der Waals surface area contributed by atoms with Gasteiger partial charge in [-0.05, 0) is 43.0 Å². The van der Waals surface area contributed by atoms with Crippen LogP contribution in [0.25, 0.3) is 0 Å². The van der Waals surface area contributed by atoms with Crippen molar-refractivity contribution in [2.75, 3.05) is 0 Å². The summed E-state index contributed by atoms with van der Waals surface area (Å²) >= 11 is 6.22. The highest BCUT2D eigenvalue weighted by Crippen LogP contribution is 2.43. The Morgan fingerprint density at radius 2 is 1.89 bits per heavy atom. The van der Waals surface area contributed by atoms with Crippen LogP contribution < -0.4 is 9.47 Å². The molecule has 1 aliphatic rings. The normalized spacial score (nSPS) is 19.2. The Kier molecular flexibility index (Phi) is 4.99. The number of halogens is 4. The smallest absolute Gasteiger partial charge is 0.426 e. The molecule has 0 fully saturated rings. The van der Waals surface area contributed by atoms with Crippen molar-refractivity contribution in [3.63, 3.8) is 0 Å². The second-order valence-corrected chi connectivity index (χ2v) is 6.85. The number of alkyl halides is 3. The Morgan fingerprint density at radius 1 is 1.26 bits per heavy atom. The number of para-hydroxylation sites is 1. The molecule has 0 aromatic heterocycles. The van der Waals surface area contributed by atoms with E-state index in [1.54, 1.807) is 0 Å². The summed E-state index contributed by atoms with van der Waals surface area (Å²) in [6, 6.07) is 8.20. The number of benzene rings is 2. The highest BCUT2D eigenvalue weighted by molar-refractivity contribution is 6.32. The number of fused-ring (bicyclic) bond motifs is 1. The molecule has 3 rings (SSSR count). The van der Waals surface area contributed by atoms with Gasteiger partial charge in [0.1, 0.15) is 23.2 Å². The zero-order chi connectivity index (χ0) is 19.9. The van der Waals surface area contributed by atoms with Crippen molar-refractivity contribution in [1.29, 1.82) is 0 Å². The largest absolute Gasteiger partial charge is 0.481 e. The van der Waals surface area contributed by atoms with E-state index >= 15 is 0 Å². The molecule has 0 amide bonds. The Labute approximate surface area is 158 Å². The number of aryl methyl sites for hydroxylation is 2. The minimum atomic E-state index is -4.81. The summed E-state index contributed by atoms with van der Waals surface area (Å²) in [6.45, 7) is 3.67. The van der Waals surface area contributed by atoms with Crippen molar-refractivity contribution in [2.24, 2.45) is 5.92 Å². The highest BCUT2D eigenvalue weighted by atomic mass is 35.5. The average Bonchev–Trinajstić information content (AvgIpc) is 2.56. The zero-order valence-electron chi connectivity index (χ0n) is 14.4. The minimum absolute atomic E-state index is 0.0829. The summed E-state index contributed by atoms with van der Waals surface area (Å²) in [5.74, 6) is -2.71. The van der Waals surface area contributed by atoms with Crippen LogP contribution in [0.15, 0.2) is 30.3 Å². The third kappa shape index (κ3) is 3.83. The van der Waals surface area contributed by atoms with E-state index < -0.39 is 24.2 Å². The fourth-order valence-electron chi connectivity index (χ4n) is 3.07. The van der Waals surface area contributed by atoms with Gasteiger partial charge >= 0.3 is 12.1 Å². The number of carbonyl (C=O) groups is 1. The molecule has 1 N–H and O–H groups in total. The first-order valence-corrected chi connectivity index (χ1v) is 8.48. The first kappa shape index (κ1) is 19.4. The lowest BCUT2D eigenvalue weighted by molar-refractivity contribution is -0.217. The Bertz CT molecular complexity index is 875. The topological polar surface area (TPSA) is 55.8 Å². The maximum atomic E-state index is 13.2. The highest BCUT2D eigenvalue weighted by Gasteiger charge is 2.52. The fraction of sp³-hybridized carbons (Fsp3) is 0.316. The number of aliphatic carboxylic acids is 1. The minimum Gasteiger partial charge on any atom is -0.481 e. The summed E-state index contributed by atoms with van der Waals surface area (Å²) in [6.07, 6.45) is -7.58. The monoisotopic (exact) mass is 400 g/mol. The molecule has 1 aliphatic heterocycles. The Hall–Kier alpha value is -2.41. The van der Waals surface area contributed by atoms with Crippen LogP contribution in [-0.4, -0.2) is 23.4 Å². The van der Waals surface area contributed by atoms with Crippen molar-refractivity contribution in [3.8, 4) is 17.2 Å². The van der Waals surface area contributed by atoms with E-state index in [9.17, 15) is 18.0 Å². The van der Waals surface area contributed by atoms with Crippen molar-refractivity contribution in [3.05, 3.63) is 52.0 Å². The molecule has 0 aliphatic carbocycles. The predicted octanol–water partition coefficient (Wildman–Crippen LogP) is 5.32. The SMILES string of the molecule is Cc1cccc(C)c1Oc1cc2c(cc1Cl)C[C@@H](C(=O)O)[C@@H](C(F)(F)F)O2. The molecule has 2 aromatic carbocycles. The number of hydrogen-bond donors (Lipinski definition) is 1. The molecule has 8 heteroatoms.